The summed E-state index contributed by atoms with van der Waals surface area (Å²) in [6, 6.07) is 10.6. The van der Waals surface area contributed by atoms with Gasteiger partial charge in [0.15, 0.2) is 0 Å². The minimum atomic E-state index is -0.271. The summed E-state index contributed by atoms with van der Waals surface area (Å²) in [5.41, 5.74) is 1.90. The van der Waals surface area contributed by atoms with Crippen LogP contribution in [0, 0.1) is 6.92 Å². The third-order valence-corrected chi connectivity index (χ3v) is 3.32. The largest absolute Gasteiger partial charge is 0.497 e. The van der Waals surface area contributed by atoms with Crippen LogP contribution in [0.4, 0.5) is 5.69 Å². The Morgan fingerprint density at radius 2 is 1.77 bits per heavy atom. The fourth-order valence-corrected chi connectivity index (χ4v) is 2.20. The Labute approximate surface area is 129 Å². The van der Waals surface area contributed by atoms with Gasteiger partial charge in [-0.25, -0.2) is 0 Å². The number of carbonyl (C=O) groups excluding carboxylic acids is 1. The van der Waals surface area contributed by atoms with Crippen LogP contribution in [-0.4, -0.2) is 27.2 Å². The molecule has 5 nitrogen and oxygen atoms in total. The van der Waals surface area contributed by atoms with Crippen molar-refractivity contribution in [2.75, 3.05) is 26.6 Å². The van der Waals surface area contributed by atoms with Gasteiger partial charge in [-0.1, -0.05) is 12.1 Å². The molecule has 1 amide bonds. The number of hydrogen-bond acceptors (Lipinski definition) is 4. The topological polar surface area (TPSA) is 56.8 Å². The van der Waals surface area contributed by atoms with Crippen LogP contribution in [0.5, 0.6) is 17.2 Å². The number of hydrogen-bond donors (Lipinski definition) is 1. The monoisotopic (exact) mass is 301 g/mol. The number of aryl methyl sites for hydroxylation is 1. The normalized spacial score (nSPS) is 10.0. The summed E-state index contributed by atoms with van der Waals surface area (Å²) in [7, 11) is 4.66. The zero-order valence-electron chi connectivity index (χ0n) is 13.1. The second-order valence-corrected chi connectivity index (χ2v) is 4.68. The van der Waals surface area contributed by atoms with Gasteiger partial charge in [0.05, 0.1) is 32.6 Å². The molecule has 0 atom stereocenters. The molecule has 5 heteroatoms. The molecule has 116 valence electrons. The molecule has 0 saturated heterocycles. The third kappa shape index (κ3) is 3.14. The summed E-state index contributed by atoms with van der Waals surface area (Å²) < 4.78 is 15.8. The Morgan fingerprint density at radius 3 is 2.41 bits per heavy atom. The van der Waals surface area contributed by atoms with Crippen molar-refractivity contribution in [1.29, 1.82) is 0 Å². The van der Waals surface area contributed by atoms with Crippen molar-refractivity contribution in [2.24, 2.45) is 0 Å². The number of nitrogens with one attached hydrogen (secondary N) is 1. The summed E-state index contributed by atoms with van der Waals surface area (Å²) in [5.74, 6) is 1.47. The number of para-hydroxylation sites is 1. The Balaban J connectivity index is 2.35. The van der Waals surface area contributed by atoms with E-state index in [1.165, 1.54) is 0 Å². The van der Waals surface area contributed by atoms with Crippen LogP contribution in [0.15, 0.2) is 36.4 Å². The zero-order valence-corrected chi connectivity index (χ0v) is 13.1. The Hall–Kier alpha value is -2.69. The van der Waals surface area contributed by atoms with Crippen molar-refractivity contribution < 1.29 is 19.0 Å². The van der Waals surface area contributed by atoms with Gasteiger partial charge in [0.2, 0.25) is 0 Å². The Morgan fingerprint density at radius 1 is 1.00 bits per heavy atom. The summed E-state index contributed by atoms with van der Waals surface area (Å²) in [5, 5.41) is 2.83. The van der Waals surface area contributed by atoms with Gasteiger partial charge in [0.25, 0.3) is 5.91 Å². The fourth-order valence-electron chi connectivity index (χ4n) is 2.20. The van der Waals surface area contributed by atoms with Gasteiger partial charge in [0, 0.05) is 6.07 Å². The maximum absolute atomic E-state index is 12.5. The smallest absolute Gasteiger partial charge is 0.259 e. The van der Waals surface area contributed by atoms with E-state index in [-0.39, 0.29) is 5.91 Å². The number of methoxy groups -OCH3 is 3. The minimum absolute atomic E-state index is 0.271. The van der Waals surface area contributed by atoms with Crippen LogP contribution in [0.25, 0.3) is 0 Å². The maximum Gasteiger partial charge on any atom is 0.259 e. The molecule has 2 aromatic carbocycles. The molecule has 0 heterocycles. The number of rotatable bonds is 5. The molecule has 0 radical (unpaired) electrons. The number of anilines is 1. The van der Waals surface area contributed by atoms with Crippen LogP contribution in [0.3, 0.4) is 0 Å². The fraction of sp³-hybridized carbons (Fsp3) is 0.235. The first-order valence-corrected chi connectivity index (χ1v) is 6.77. The number of ether oxygens (including phenoxy) is 3. The highest BCUT2D eigenvalue weighted by Crippen LogP contribution is 2.30. The molecule has 0 fully saturated rings. The molecule has 2 rings (SSSR count). The molecule has 0 bridgehead atoms. The molecular weight excluding hydrogens is 282 g/mol. The van der Waals surface area contributed by atoms with Crippen LogP contribution in [-0.2, 0) is 0 Å². The average Bonchev–Trinajstić information content (AvgIpc) is 2.54. The predicted molar refractivity (Wildman–Crippen MR) is 85.2 cm³/mol. The quantitative estimate of drug-likeness (QED) is 0.921. The van der Waals surface area contributed by atoms with E-state index >= 15 is 0 Å². The predicted octanol–water partition coefficient (Wildman–Crippen LogP) is 3.27. The van der Waals surface area contributed by atoms with Crippen LogP contribution >= 0.6 is 0 Å². The van der Waals surface area contributed by atoms with Crippen molar-refractivity contribution in [3.8, 4) is 17.2 Å². The highest BCUT2D eigenvalue weighted by molar-refractivity contribution is 6.07. The van der Waals surface area contributed by atoms with E-state index in [1.807, 2.05) is 19.1 Å². The molecule has 22 heavy (non-hydrogen) atoms. The first-order chi connectivity index (χ1) is 10.6. The Kier molecular flexibility index (Phi) is 4.88. The van der Waals surface area contributed by atoms with E-state index in [4.69, 9.17) is 14.2 Å². The van der Waals surface area contributed by atoms with E-state index in [2.05, 4.69) is 5.32 Å². The summed E-state index contributed by atoms with van der Waals surface area (Å²) >= 11 is 0. The molecule has 0 unspecified atom stereocenters. The third-order valence-electron chi connectivity index (χ3n) is 3.32. The van der Waals surface area contributed by atoms with E-state index in [0.29, 0.717) is 28.5 Å². The first kappa shape index (κ1) is 15.7. The molecule has 0 aliphatic carbocycles. The standard InChI is InChI=1S/C17H19NO4/c1-11-6-5-7-13(16(11)22-4)17(19)18-14-10-12(20-2)8-9-15(14)21-3/h5-10H,1-4H3,(H,18,19). The van der Waals surface area contributed by atoms with Gasteiger partial charge in [-0.2, -0.15) is 0 Å². The lowest BCUT2D eigenvalue weighted by atomic mass is 10.1. The molecule has 0 aliphatic rings. The van der Waals surface area contributed by atoms with Crippen molar-refractivity contribution in [3.05, 3.63) is 47.5 Å². The lowest BCUT2D eigenvalue weighted by molar-refractivity contribution is 0.102. The van der Waals surface area contributed by atoms with Crippen LogP contribution < -0.4 is 19.5 Å². The SMILES string of the molecule is COc1ccc(OC)c(NC(=O)c2cccc(C)c2OC)c1. The van der Waals surface area contributed by atoms with Gasteiger partial charge in [0.1, 0.15) is 17.2 Å². The number of carbonyl (C=O) groups is 1. The van der Waals surface area contributed by atoms with Crippen molar-refractivity contribution in [2.45, 2.75) is 6.92 Å². The average molecular weight is 301 g/mol. The maximum atomic E-state index is 12.5. The van der Waals surface area contributed by atoms with Crippen molar-refractivity contribution in [3.63, 3.8) is 0 Å². The molecule has 1 N–H and O–H groups in total. The number of benzene rings is 2. The first-order valence-electron chi connectivity index (χ1n) is 6.77. The van der Waals surface area contributed by atoms with Crippen LogP contribution in [0.2, 0.25) is 0 Å². The van der Waals surface area contributed by atoms with Gasteiger partial charge in [-0.3, -0.25) is 4.79 Å². The van der Waals surface area contributed by atoms with E-state index < -0.39 is 0 Å². The molecule has 0 saturated carbocycles. The summed E-state index contributed by atoms with van der Waals surface area (Å²) in [6.07, 6.45) is 0. The van der Waals surface area contributed by atoms with Gasteiger partial charge in [-0.05, 0) is 30.7 Å². The van der Waals surface area contributed by atoms with Gasteiger partial charge in [-0.15, -0.1) is 0 Å². The summed E-state index contributed by atoms with van der Waals surface area (Å²) in [6.45, 7) is 1.89. The lowest BCUT2D eigenvalue weighted by Gasteiger charge is -2.14. The second kappa shape index (κ2) is 6.85. The van der Waals surface area contributed by atoms with Crippen molar-refractivity contribution in [1.82, 2.24) is 0 Å². The highest BCUT2D eigenvalue weighted by Gasteiger charge is 2.16. The zero-order chi connectivity index (χ0) is 16.1. The van der Waals surface area contributed by atoms with Crippen LogP contribution in [0.1, 0.15) is 15.9 Å². The highest BCUT2D eigenvalue weighted by atomic mass is 16.5. The van der Waals surface area contributed by atoms with Crippen molar-refractivity contribution >= 4 is 11.6 Å². The molecule has 0 aliphatic heterocycles. The molecule has 0 aromatic heterocycles. The van der Waals surface area contributed by atoms with Gasteiger partial charge < -0.3 is 19.5 Å². The lowest BCUT2D eigenvalue weighted by Crippen LogP contribution is -2.14. The molecule has 0 spiro atoms. The summed E-state index contributed by atoms with van der Waals surface area (Å²) in [4.78, 5) is 12.5. The minimum Gasteiger partial charge on any atom is -0.497 e. The van der Waals surface area contributed by atoms with Gasteiger partial charge >= 0.3 is 0 Å². The Bertz CT molecular complexity index is 682. The van der Waals surface area contributed by atoms with E-state index in [1.54, 1.807) is 45.6 Å². The molecule has 2 aromatic rings. The number of amides is 1. The van der Waals surface area contributed by atoms with E-state index in [9.17, 15) is 4.79 Å². The second-order valence-electron chi connectivity index (χ2n) is 4.68. The molecular formula is C17H19NO4. The van der Waals surface area contributed by atoms with E-state index in [0.717, 1.165) is 5.56 Å².